The SMILES string of the molecule is Fc1c(F)c(C2CCCN2)c(Cl)c(F)c1Br. The van der Waals surface area contributed by atoms with E-state index in [1.54, 1.807) is 0 Å². The van der Waals surface area contributed by atoms with Gasteiger partial charge in [-0.05, 0) is 35.3 Å². The third kappa shape index (κ3) is 1.85. The Labute approximate surface area is 104 Å². The summed E-state index contributed by atoms with van der Waals surface area (Å²) in [6.07, 6.45) is 1.46. The van der Waals surface area contributed by atoms with Crippen molar-refractivity contribution in [3.05, 3.63) is 32.5 Å². The molecule has 1 atom stereocenters. The minimum Gasteiger partial charge on any atom is -0.310 e. The van der Waals surface area contributed by atoms with Crippen LogP contribution in [0.3, 0.4) is 0 Å². The third-order valence-electron chi connectivity index (χ3n) is 2.65. The zero-order chi connectivity index (χ0) is 11.9. The van der Waals surface area contributed by atoms with Crippen molar-refractivity contribution in [3.63, 3.8) is 0 Å². The Bertz CT molecular complexity index is 404. The van der Waals surface area contributed by atoms with E-state index < -0.39 is 28.0 Å². The fourth-order valence-electron chi connectivity index (χ4n) is 1.86. The van der Waals surface area contributed by atoms with E-state index in [2.05, 4.69) is 21.2 Å². The van der Waals surface area contributed by atoms with Crippen molar-refractivity contribution < 1.29 is 13.2 Å². The van der Waals surface area contributed by atoms with Crippen LogP contribution in [0.1, 0.15) is 24.4 Å². The number of benzene rings is 1. The Hall–Kier alpha value is -0.260. The monoisotopic (exact) mass is 313 g/mol. The highest BCUT2D eigenvalue weighted by Crippen LogP contribution is 2.38. The normalized spacial score (nSPS) is 20.4. The van der Waals surface area contributed by atoms with E-state index in [1.807, 2.05) is 0 Å². The quantitative estimate of drug-likeness (QED) is 0.611. The summed E-state index contributed by atoms with van der Waals surface area (Å²) in [7, 11) is 0. The molecule has 6 heteroatoms. The molecule has 1 fully saturated rings. The van der Waals surface area contributed by atoms with Crippen LogP contribution in [0.2, 0.25) is 5.02 Å². The van der Waals surface area contributed by atoms with E-state index in [1.165, 1.54) is 0 Å². The van der Waals surface area contributed by atoms with Crippen LogP contribution < -0.4 is 5.32 Å². The van der Waals surface area contributed by atoms with Crippen molar-refractivity contribution >= 4 is 27.5 Å². The standard InChI is InChI=1S/C10H8BrClF3N/c11-6-9(14)7(12)5(8(13)10(6)15)4-2-1-3-16-4/h4,16H,1-3H2. The van der Waals surface area contributed by atoms with Crippen molar-refractivity contribution in [2.45, 2.75) is 18.9 Å². The lowest BCUT2D eigenvalue weighted by molar-refractivity contribution is 0.462. The van der Waals surface area contributed by atoms with Gasteiger partial charge in [0.2, 0.25) is 0 Å². The molecule has 88 valence electrons. The zero-order valence-corrected chi connectivity index (χ0v) is 10.4. The first kappa shape index (κ1) is 12.2. The molecule has 2 rings (SSSR count). The van der Waals surface area contributed by atoms with Gasteiger partial charge in [-0.15, -0.1) is 0 Å². The van der Waals surface area contributed by atoms with Gasteiger partial charge in [0.05, 0.1) is 9.50 Å². The Morgan fingerprint density at radius 2 is 1.88 bits per heavy atom. The maximum absolute atomic E-state index is 13.7. The van der Waals surface area contributed by atoms with Crippen LogP contribution in [0.4, 0.5) is 13.2 Å². The smallest absolute Gasteiger partial charge is 0.176 e. The molecule has 0 bridgehead atoms. The van der Waals surface area contributed by atoms with Crippen LogP contribution in [0, 0.1) is 17.5 Å². The van der Waals surface area contributed by atoms with Gasteiger partial charge >= 0.3 is 0 Å². The maximum Gasteiger partial charge on any atom is 0.176 e. The van der Waals surface area contributed by atoms with E-state index in [0.29, 0.717) is 13.0 Å². The van der Waals surface area contributed by atoms with Gasteiger partial charge in [-0.3, -0.25) is 0 Å². The van der Waals surface area contributed by atoms with Crippen LogP contribution >= 0.6 is 27.5 Å². The molecule has 1 aliphatic heterocycles. The summed E-state index contributed by atoms with van der Waals surface area (Å²) in [4.78, 5) is 0. The van der Waals surface area contributed by atoms with E-state index in [-0.39, 0.29) is 10.6 Å². The van der Waals surface area contributed by atoms with Crippen molar-refractivity contribution in [3.8, 4) is 0 Å². The summed E-state index contributed by atoms with van der Waals surface area (Å²) in [6, 6.07) is -0.412. The van der Waals surface area contributed by atoms with Gasteiger partial charge in [0.15, 0.2) is 17.5 Å². The number of halogens is 5. The molecule has 1 heterocycles. The summed E-state index contributed by atoms with van der Waals surface area (Å²) in [5, 5.41) is 2.60. The molecular formula is C10H8BrClF3N. The largest absolute Gasteiger partial charge is 0.310 e. The molecule has 0 aromatic heterocycles. The van der Waals surface area contributed by atoms with Gasteiger partial charge in [-0.2, -0.15) is 0 Å². The molecule has 0 aliphatic carbocycles. The summed E-state index contributed by atoms with van der Waals surface area (Å²) < 4.78 is 39.9. The highest BCUT2D eigenvalue weighted by atomic mass is 79.9. The molecule has 0 amide bonds. The van der Waals surface area contributed by atoms with Gasteiger partial charge in [-0.1, -0.05) is 11.6 Å². The second-order valence-electron chi connectivity index (χ2n) is 3.63. The Morgan fingerprint density at radius 3 is 2.44 bits per heavy atom. The first-order chi connectivity index (χ1) is 7.54. The first-order valence-corrected chi connectivity index (χ1v) is 5.96. The lowest BCUT2D eigenvalue weighted by Crippen LogP contribution is -2.16. The molecule has 1 N–H and O–H groups in total. The van der Waals surface area contributed by atoms with Crippen molar-refractivity contribution in [2.24, 2.45) is 0 Å². The lowest BCUT2D eigenvalue weighted by Gasteiger charge is -2.15. The highest BCUT2D eigenvalue weighted by molar-refractivity contribution is 9.10. The molecular weight excluding hydrogens is 306 g/mol. The predicted molar refractivity (Wildman–Crippen MR) is 59.0 cm³/mol. The summed E-state index contributed by atoms with van der Waals surface area (Å²) in [6.45, 7) is 0.694. The fraction of sp³-hybridized carbons (Fsp3) is 0.400. The van der Waals surface area contributed by atoms with Crippen LogP contribution in [0.5, 0.6) is 0 Å². The number of hydrogen-bond acceptors (Lipinski definition) is 1. The van der Waals surface area contributed by atoms with Gasteiger partial charge < -0.3 is 5.32 Å². The molecule has 1 unspecified atom stereocenters. The molecule has 1 nitrogen and oxygen atoms in total. The van der Waals surface area contributed by atoms with Crippen molar-refractivity contribution in [1.29, 1.82) is 0 Å². The molecule has 1 aromatic rings. The van der Waals surface area contributed by atoms with Crippen LogP contribution in [-0.4, -0.2) is 6.54 Å². The molecule has 0 saturated carbocycles. The van der Waals surface area contributed by atoms with Crippen LogP contribution in [-0.2, 0) is 0 Å². The molecule has 1 aromatic carbocycles. The number of hydrogen-bond donors (Lipinski definition) is 1. The van der Waals surface area contributed by atoms with Crippen molar-refractivity contribution in [1.82, 2.24) is 5.32 Å². The predicted octanol–water partition coefficient (Wildman–Crippen LogP) is 3.94. The zero-order valence-electron chi connectivity index (χ0n) is 8.09. The topological polar surface area (TPSA) is 12.0 Å². The van der Waals surface area contributed by atoms with E-state index in [0.717, 1.165) is 6.42 Å². The molecule has 1 saturated heterocycles. The molecule has 1 aliphatic rings. The average Bonchev–Trinajstić information content (AvgIpc) is 2.77. The fourth-order valence-corrected chi connectivity index (χ4v) is 2.65. The number of nitrogens with one attached hydrogen (secondary N) is 1. The van der Waals surface area contributed by atoms with E-state index >= 15 is 0 Å². The van der Waals surface area contributed by atoms with Gasteiger partial charge in [-0.25, -0.2) is 13.2 Å². The Balaban J connectivity index is 2.59. The summed E-state index contributed by atoms with van der Waals surface area (Å²) in [5.74, 6) is -3.27. The van der Waals surface area contributed by atoms with Gasteiger partial charge in [0, 0.05) is 11.6 Å². The van der Waals surface area contributed by atoms with Gasteiger partial charge in [0.1, 0.15) is 0 Å². The second kappa shape index (κ2) is 4.55. The minimum atomic E-state index is -1.23. The minimum absolute atomic E-state index is 0.114. The second-order valence-corrected chi connectivity index (χ2v) is 4.80. The highest BCUT2D eigenvalue weighted by Gasteiger charge is 2.29. The average molecular weight is 315 g/mol. The van der Waals surface area contributed by atoms with Gasteiger partial charge in [0.25, 0.3) is 0 Å². The van der Waals surface area contributed by atoms with E-state index in [9.17, 15) is 13.2 Å². The Kier molecular flexibility index (Phi) is 3.47. The maximum atomic E-state index is 13.7. The van der Waals surface area contributed by atoms with Crippen LogP contribution in [0.25, 0.3) is 0 Å². The molecule has 0 radical (unpaired) electrons. The lowest BCUT2D eigenvalue weighted by atomic mass is 10.0. The summed E-state index contributed by atoms with van der Waals surface area (Å²) >= 11 is 8.33. The first-order valence-electron chi connectivity index (χ1n) is 4.78. The molecule has 16 heavy (non-hydrogen) atoms. The van der Waals surface area contributed by atoms with Crippen molar-refractivity contribution in [2.75, 3.05) is 6.54 Å². The van der Waals surface area contributed by atoms with Crippen LogP contribution in [0.15, 0.2) is 4.47 Å². The third-order valence-corrected chi connectivity index (χ3v) is 3.72. The van der Waals surface area contributed by atoms with E-state index in [4.69, 9.17) is 11.6 Å². The summed E-state index contributed by atoms with van der Waals surface area (Å²) in [5.41, 5.74) is -0.114. The number of rotatable bonds is 1. The molecule has 0 spiro atoms. The Morgan fingerprint density at radius 1 is 1.19 bits per heavy atom.